The van der Waals surface area contributed by atoms with Gasteiger partial charge in [-0.05, 0) is 17.7 Å². The first-order valence-electron chi connectivity index (χ1n) is 6.97. The lowest BCUT2D eigenvalue weighted by atomic mass is 10.1. The topological polar surface area (TPSA) is 103 Å². The monoisotopic (exact) mass is 337 g/mol. The van der Waals surface area contributed by atoms with Crippen molar-refractivity contribution in [1.29, 1.82) is 5.26 Å². The van der Waals surface area contributed by atoms with Gasteiger partial charge in [0.25, 0.3) is 0 Å². The summed E-state index contributed by atoms with van der Waals surface area (Å²) < 4.78 is 0. The van der Waals surface area contributed by atoms with E-state index >= 15 is 0 Å². The molecule has 0 radical (unpaired) electrons. The van der Waals surface area contributed by atoms with E-state index in [0.717, 1.165) is 27.8 Å². The Bertz CT molecular complexity index is 983. The van der Waals surface area contributed by atoms with E-state index in [2.05, 4.69) is 10.3 Å². The number of aromatic carboxylic acids is 1. The van der Waals surface area contributed by atoms with Crippen molar-refractivity contribution in [2.24, 2.45) is 0 Å². The summed E-state index contributed by atoms with van der Waals surface area (Å²) in [6.07, 6.45) is 1.77. The van der Waals surface area contributed by atoms with Crippen molar-refractivity contribution in [3.63, 3.8) is 0 Å². The zero-order valence-electron chi connectivity index (χ0n) is 12.3. The fourth-order valence-corrected chi connectivity index (χ4v) is 3.30. The van der Waals surface area contributed by atoms with E-state index < -0.39 is 5.97 Å². The Morgan fingerprint density at radius 2 is 2.12 bits per heavy atom. The fraction of sp³-hybridized carbons (Fsp3) is 0.0588. The van der Waals surface area contributed by atoms with E-state index in [9.17, 15) is 14.7 Å². The smallest absolute Gasteiger partial charge is 0.340 e. The molecule has 0 fully saturated rings. The first-order chi connectivity index (χ1) is 11.6. The Labute approximate surface area is 141 Å². The Balaban J connectivity index is 1.85. The van der Waals surface area contributed by atoms with Crippen LogP contribution < -0.4 is 5.32 Å². The van der Waals surface area contributed by atoms with Gasteiger partial charge in [-0.1, -0.05) is 18.2 Å². The summed E-state index contributed by atoms with van der Waals surface area (Å²) in [7, 11) is 0. The second-order valence-electron chi connectivity index (χ2n) is 4.98. The maximum Gasteiger partial charge on any atom is 0.340 e. The maximum absolute atomic E-state index is 12.3. The van der Waals surface area contributed by atoms with Gasteiger partial charge in [-0.25, -0.2) is 4.79 Å². The minimum Gasteiger partial charge on any atom is -0.478 e. The molecule has 0 saturated carbocycles. The van der Waals surface area contributed by atoms with Crippen molar-refractivity contribution in [2.45, 2.75) is 6.42 Å². The molecule has 0 bridgehead atoms. The van der Waals surface area contributed by atoms with E-state index in [0.29, 0.717) is 0 Å². The Morgan fingerprint density at radius 3 is 2.88 bits per heavy atom. The summed E-state index contributed by atoms with van der Waals surface area (Å²) in [6, 6.07) is 11.0. The molecular formula is C17H11N3O3S. The third-order valence-corrected chi connectivity index (χ3v) is 4.36. The minimum absolute atomic E-state index is 0.0390. The number of carboxylic acids is 1. The van der Waals surface area contributed by atoms with Gasteiger partial charge in [-0.3, -0.25) is 9.78 Å². The van der Waals surface area contributed by atoms with Crippen molar-refractivity contribution < 1.29 is 14.7 Å². The molecule has 2 aromatic heterocycles. The van der Waals surface area contributed by atoms with Crippen LogP contribution in [0.5, 0.6) is 0 Å². The van der Waals surface area contributed by atoms with Gasteiger partial charge in [0, 0.05) is 17.0 Å². The highest BCUT2D eigenvalue weighted by molar-refractivity contribution is 7.15. The number of pyridine rings is 1. The number of rotatable bonds is 4. The fourth-order valence-electron chi connectivity index (χ4n) is 2.41. The van der Waals surface area contributed by atoms with Gasteiger partial charge in [-0.15, -0.1) is 11.3 Å². The Hall–Kier alpha value is -3.24. The lowest BCUT2D eigenvalue weighted by Gasteiger charge is -2.07. The molecule has 2 heterocycles. The SMILES string of the molecule is N#Cc1csc(NC(=O)Cc2cccc3ncccc23)c1C(=O)O. The quantitative estimate of drug-likeness (QED) is 0.761. The third-order valence-electron chi connectivity index (χ3n) is 3.47. The van der Waals surface area contributed by atoms with Crippen LogP contribution in [-0.4, -0.2) is 22.0 Å². The molecule has 24 heavy (non-hydrogen) atoms. The number of anilines is 1. The summed E-state index contributed by atoms with van der Waals surface area (Å²) >= 11 is 1.02. The van der Waals surface area contributed by atoms with Crippen LogP contribution in [0, 0.1) is 11.3 Å². The second kappa shape index (κ2) is 6.48. The number of thiophene rings is 1. The van der Waals surface area contributed by atoms with Gasteiger partial charge in [0.15, 0.2) is 0 Å². The summed E-state index contributed by atoms with van der Waals surface area (Å²) in [5.74, 6) is -1.59. The van der Waals surface area contributed by atoms with E-state index in [1.54, 1.807) is 12.3 Å². The van der Waals surface area contributed by atoms with Gasteiger partial charge in [-0.2, -0.15) is 5.26 Å². The zero-order chi connectivity index (χ0) is 17.1. The molecule has 1 amide bonds. The molecule has 2 N–H and O–H groups in total. The van der Waals surface area contributed by atoms with Crippen molar-refractivity contribution in [3.8, 4) is 6.07 Å². The first-order valence-corrected chi connectivity index (χ1v) is 7.85. The molecule has 118 valence electrons. The third kappa shape index (κ3) is 2.95. The molecule has 0 aliphatic carbocycles. The molecule has 1 aromatic carbocycles. The summed E-state index contributed by atoms with van der Waals surface area (Å²) in [5, 5.41) is 23.2. The average molecular weight is 337 g/mol. The molecule has 3 rings (SSSR count). The molecule has 0 unspecified atom stereocenters. The van der Waals surface area contributed by atoms with Crippen molar-refractivity contribution in [1.82, 2.24) is 4.98 Å². The maximum atomic E-state index is 12.3. The van der Waals surface area contributed by atoms with Crippen molar-refractivity contribution >= 4 is 39.1 Å². The number of hydrogen-bond donors (Lipinski definition) is 2. The van der Waals surface area contributed by atoms with Gasteiger partial charge in [0.2, 0.25) is 5.91 Å². The number of carbonyl (C=O) groups is 2. The number of aromatic nitrogens is 1. The number of amides is 1. The van der Waals surface area contributed by atoms with Gasteiger partial charge >= 0.3 is 5.97 Å². The summed E-state index contributed by atoms with van der Waals surface area (Å²) in [5.41, 5.74) is 1.46. The van der Waals surface area contributed by atoms with Crippen LogP contribution in [0.15, 0.2) is 41.9 Å². The predicted molar refractivity (Wildman–Crippen MR) is 90.1 cm³/mol. The lowest BCUT2D eigenvalue weighted by molar-refractivity contribution is -0.115. The standard InChI is InChI=1S/C17H11N3O3S/c18-8-11-9-24-16(15(11)17(22)23)20-14(21)7-10-3-1-5-13-12(10)4-2-6-19-13/h1-6,9H,7H2,(H,20,21)(H,22,23). The minimum atomic E-state index is -1.24. The Morgan fingerprint density at radius 1 is 1.29 bits per heavy atom. The van der Waals surface area contributed by atoms with Crippen LogP contribution in [0.2, 0.25) is 0 Å². The average Bonchev–Trinajstić information content (AvgIpc) is 2.98. The first kappa shape index (κ1) is 15.6. The molecule has 0 saturated heterocycles. The van der Waals surface area contributed by atoms with Crippen LogP contribution in [0.1, 0.15) is 21.5 Å². The van der Waals surface area contributed by atoms with Gasteiger partial charge in [0.05, 0.1) is 17.5 Å². The summed E-state index contributed by atoms with van der Waals surface area (Å²) in [6.45, 7) is 0. The number of hydrogen-bond acceptors (Lipinski definition) is 5. The number of carboxylic acid groups (broad SMARTS) is 1. The van der Waals surface area contributed by atoms with Gasteiger partial charge < -0.3 is 10.4 Å². The molecule has 7 heteroatoms. The molecule has 0 aliphatic rings. The lowest BCUT2D eigenvalue weighted by Crippen LogP contribution is -2.16. The summed E-state index contributed by atoms with van der Waals surface area (Å²) in [4.78, 5) is 27.8. The highest BCUT2D eigenvalue weighted by atomic mass is 32.1. The molecule has 0 aliphatic heterocycles. The zero-order valence-corrected chi connectivity index (χ0v) is 13.1. The Kier molecular flexibility index (Phi) is 4.22. The van der Waals surface area contributed by atoms with Crippen LogP contribution in [0.3, 0.4) is 0 Å². The number of benzene rings is 1. The number of nitriles is 1. The molecule has 6 nitrogen and oxygen atoms in total. The van der Waals surface area contributed by atoms with Crippen LogP contribution >= 0.6 is 11.3 Å². The largest absolute Gasteiger partial charge is 0.478 e. The van der Waals surface area contributed by atoms with Gasteiger partial charge in [0.1, 0.15) is 16.6 Å². The van der Waals surface area contributed by atoms with Crippen molar-refractivity contribution in [2.75, 3.05) is 5.32 Å². The van der Waals surface area contributed by atoms with E-state index in [1.807, 2.05) is 30.3 Å². The predicted octanol–water partition coefficient (Wildman–Crippen LogP) is 3.05. The van der Waals surface area contributed by atoms with Crippen LogP contribution in [0.25, 0.3) is 10.9 Å². The normalized spacial score (nSPS) is 10.3. The number of carbonyl (C=O) groups excluding carboxylic acids is 1. The van der Waals surface area contributed by atoms with E-state index in [4.69, 9.17) is 5.26 Å². The van der Waals surface area contributed by atoms with Crippen LogP contribution in [0.4, 0.5) is 5.00 Å². The van der Waals surface area contributed by atoms with E-state index in [-0.39, 0.29) is 28.5 Å². The molecule has 0 spiro atoms. The number of nitrogens with zero attached hydrogens (tertiary/aromatic N) is 2. The number of nitrogens with one attached hydrogen (secondary N) is 1. The molecule has 0 atom stereocenters. The molecule has 3 aromatic rings. The number of fused-ring (bicyclic) bond motifs is 1. The van der Waals surface area contributed by atoms with E-state index in [1.165, 1.54) is 5.38 Å². The van der Waals surface area contributed by atoms with Crippen molar-refractivity contribution in [3.05, 3.63) is 58.6 Å². The molecular weight excluding hydrogens is 326 g/mol. The van der Waals surface area contributed by atoms with Crippen LogP contribution in [-0.2, 0) is 11.2 Å². The highest BCUT2D eigenvalue weighted by Gasteiger charge is 2.20. The second-order valence-corrected chi connectivity index (χ2v) is 5.86. The highest BCUT2D eigenvalue weighted by Crippen LogP contribution is 2.28.